The molecule has 1 amide bonds. The number of nitriles is 1. The van der Waals surface area contributed by atoms with Crippen molar-refractivity contribution in [2.24, 2.45) is 13.0 Å². The van der Waals surface area contributed by atoms with Crippen molar-refractivity contribution in [2.75, 3.05) is 5.32 Å². The highest BCUT2D eigenvalue weighted by Gasteiger charge is 2.30. The Morgan fingerprint density at radius 3 is 2.55 bits per heavy atom. The molecule has 7 nitrogen and oxygen atoms in total. The Bertz CT molecular complexity index is 1730. The van der Waals surface area contributed by atoms with Gasteiger partial charge in [-0.15, -0.1) is 11.3 Å². The lowest BCUT2D eigenvalue weighted by Gasteiger charge is -2.20. The summed E-state index contributed by atoms with van der Waals surface area (Å²) >= 11 is 1.43. The third-order valence-electron chi connectivity index (χ3n) is 7.61. The summed E-state index contributed by atoms with van der Waals surface area (Å²) in [4.78, 5) is 41.5. The first-order valence-electron chi connectivity index (χ1n) is 13.5. The smallest absolute Gasteiger partial charge is 0.356 e. The molecule has 1 aliphatic rings. The van der Waals surface area contributed by atoms with Gasteiger partial charge in [-0.1, -0.05) is 61.9 Å². The molecule has 2 heterocycles. The second kappa shape index (κ2) is 11.1. The number of fused-ring (bicyclic) bond motifs is 2. The lowest BCUT2D eigenvalue weighted by Crippen LogP contribution is -2.34. The molecule has 0 bridgehead atoms. The van der Waals surface area contributed by atoms with Crippen molar-refractivity contribution < 1.29 is 14.3 Å². The van der Waals surface area contributed by atoms with Gasteiger partial charge in [0.15, 0.2) is 6.10 Å². The maximum absolute atomic E-state index is 13.8. The molecule has 4 aromatic rings. The molecule has 8 heteroatoms. The summed E-state index contributed by atoms with van der Waals surface area (Å²) in [6, 6.07) is 17.1. The highest BCUT2D eigenvalue weighted by atomic mass is 32.1. The molecule has 1 N–H and O–H groups in total. The van der Waals surface area contributed by atoms with Crippen LogP contribution in [0.25, 0.3) is 21.9 Å². The van der Waals surface area contributed by atoms with Crippen LogP contribution in [-0.4, -0.2) is 22.5 Å². The minimum Gasteiger partial charge on any atom is -0.448 e. The predicted octanol–water partition coefficient (Wildman–Crippen LogP) is 6.15. The fourth-order valence-corrected chi connectivity index (χ4v) is 6.74. The zero-order valence-corrected chi connectivity index (χ0v) is 23.9. The highest BCUT2D eigenvalue weighted by Crippen LogP contribution is 2.39. The maximum Gasteiger partial charge on any atom is 0.356 e. The first kappa shape index (κ1) is 27.4. The number of aryl methyl sites for hydroxylation is 1. The van der Waals surface area contributed by atoms with E-state index in [1.54, 1.807) is 26.1 Å². The quantitative estimate of drug-likeness (QED) is 0.289. The molecule has 1 aliphatic carbocycles. The summed E-state index contributed by atoms with van der Waals surface area (Å²) in [5.41, 5.74) is 3.67. The number of aromatic nitrogens is 1. The average Bonchev–Trinajstić information content (AvgIpc) is 3.29. The Morgan fingerprint density at radius 1 is 1.18 bits per heavy atom. The van der Waals surface area contributed by atoms with Gasteiger partial charge in [0, 0.05) is 22.9 Å². The van der Waals surface area contributed by atoms with Gasteiger partial charge in [-0.05, 0) is 61.1 Å². The summed E-state index contributed by atoms with van der Waals surface area (Å²) in [6.45, 7) is 5.92. The number of carbonyl (C=O) groups excluding carboxylic acids is 2. The molecule has 2 aromatic heterocycles. The van der Waals surface area contributed by atoms with Crippen LogP contribution in [0.4, 0.5) is 5.00 Å². The number of amides is 1. The number of hydrogen-bond acceptors (Lipinski definition) is 6. The molecule has 2 atom stereocenters. The predicted molar refractivity (Wildman–Crippen MR) is 158 cm³/mol. The second-order valence-electron chi connectivity index (χ2n) is 10.5. The number of pyridine rings is 1. The van der Waals surface area contributed by atoms with E-state index in [1.807, 2.05) is 43.3 Å². The molecule has 0 radical (unpaired) electrons. The number of anilines is 1. The molecular weight excluding hydrogens is 522 g/mol. The summed E-state index contributed by atoms with van der Waals surface area (Å²) < 4.78 is 7.09. The zero-order chi connectivity index (χ0) is 28.6. The molecule has 0 fully saturated rings. The zero-order valence-electron chi connectivity index (χ0n) is 23.0. The Labute approximate surface area is 237 Å². The number of carbonyl (C=O) groups is 2. The van der Waals surface area contributed by atoms with Gasteiger partial charge in [0.25, 0.3) is 11.5 Å². The third kappa shape index (κ3) is 4.93. The van der Waals surface area contributed by atoms with Crippen LogP contribution in [0.5, 0.6) is 0 Å². The molecule has 0 spiro atoms. The first-order valence-corrected chi connectivity index (χ1v) is 14.3. The van der Waals surface area contributed by atoms with E-state index in [9.17, 15) is 19.6 Å². The van der Waals surface area contributed by atoms with Crippen LogP contribution in [0.2, 0.25) is 0 Å². The van der Waals surface area contributed by atoms with E-state index in [0.29, 0.717) is 32.8 Å². The van der Waals surface area contributed by atoms with Gasteiger partial charge in [-0.25, -0.2) is 4.79 Å². The number of benzene rings is 2. The van der Waals surface area contributed by atoms with E-state index in [-0.39, 0.29) is 17.7 Å². The molecule has 40 heavy (non-hydrogen) atoms. The van der Waals surface area contributed by atoms with Crippen molar-refractivity contribution >= 4 is 39.0 Å². The minimum absolute atomic E-state index is 0.0806. The number of thiophene rings is 1. The minimum atomic E-state index is -1.11. The Kier molecular flexibility index (Phi) is 7.59. The number of nitrogens with zero attached hydrogens (tertiary/aromatic N) is 2. The van der Waals surface area contributed by atoms with E-state index in [4.69, 9.17) is 4.74 Å². The molecule has 0 aliphatic heterocycles. The van der Waals surface area contributed by atoms with Crippen LogP contribution in [0.15, 0.2) is 53.3 Å². The van der Waals surface area contributed by atoms with Crippen LogP contribution >= 0.6 is 11.3 Å². The number of rotatable bonds is 6. The van der Waals surface area contributed by atoms with Crippen LogP contribution < -0.4 is 10.9 Å². The number of esters is 1. The van der Waals surface area contributed by atoms with Crippen molar-refractivity contribution in [1.82, 2.24) is 4.57 Å². The molecule has 2 aromatic carbocycles. The van der Waals surface area contributed by atoms with E-state index in [2.05, 4.69) is 18.3 Å². The normalized spacial score (nSPS) is 15.2. The summed E-state index contributed by atoms with van der Waals surface area (Å²) in [5, 5.41) is 14.3. The van der Waals surface area contributed by atoms with Crippen LogP contribution in [0, 0.1) is 24.2 Å². The van der Waals surface area contributed by atoms with E-state index in [1.165, 1.54) is 15.9 Å². The van der Waals surface area contributed by atoms with Gasteiger partial charge < -0.3 is 14.6 Å². The van der Waals surface area contributed by atoms with Gasteiger partial charge in [-0.2, -0.15) is 5.26 Å². The summed E-state index contributed by atoms with van der Waals surface area (Å²) in [6.07, 6.45) is 1.83. The van der Waals surface area contributed by atoms with Gasteiger partial charge in [-0.3, -0.25) is 9.59 Å². The van der Waals surface area contributed by atoms with Crippen LogP contribution in [0.1, 0.15) is 58.7 Å². The molecule has 2 unspecified atom stereocenters. The van der Waals surface area contributed by atoms with Crippen molar-refractivity contribution in [3.63, 3.8) is 0 Å². The standard InChI is InChI=1S/C32H31N3O4S/c1-5-25(29(36)34-30-24(17-33)21-15-12-19(3)16-26(21)40-30)39-32(38)28-27(20-13-10-18(2)11-14-20)22-8-6-7-9-23(22)31(37)35(28)4/h6-11,13-14,19,25H,5,12,15-16H2,1-4H3,(H,34,36). The van der Waals surface area contributed by atoms with Gasteiger partial charge in [0.1, 0.15) is 16.8 Å². The topological polar surface area (TPSA) is 101 Å². The van der Waals surface area contributed by atoms with Crippen molar-refractivity contribution in [2.45, 2.75) is 52.6 Å². The Balaban J connectivity index is 1.50. The van der Waals surface area contributed by atoms with Crippen molar-refractivity contribution in [1.29, 1.82) is 5.26 Å². The number of hydrogen-bond donors (Lipinski definition) is 1. The van der Waals surface area contributed by atoms with E-state index < -0.39 is 18.0 Å². The number of ether oxygens (including phenoxy) is 1. The van der Waals surface area contributed by atoms with Crippen LogP contribution in [0.3, 0.4) is 0 Å². The SMILES string of the molecule is CCC(OC(=O)c1c(-c2ccc(C)cc2)c2ccccc2c(=O)n1C)C(=O)Nc1sc2c(c1C#N)CCC(C)C2. The van der Waals surface area contributed by atoms with E-state index >= 15 is 0 Å². The van der Waals surface area contributed by atoms with Crippen molar-refractivity contribution in [3.05, 3.63) is 86.1 Å². The number of nitrogens with one attached hydrogen (secondary N) is 1. The summed E-state index contributed by atoms with van der Waals surface area (Å²) in [7, 11) is 1.54. The molecule has 0 saturated carbocycles. The Hall–Kier alpha value is -4.22. The molecule has 204 valence electrons. The average molecular weight is 554 g/mol. The van der Waals surface area contributed by atoms with Crippen molar-refractivity contribution in [3.8, 4) is 17.2 Å². The van der Waals surface area contributed by atoms with E-state index in [0.717, 1.165) is 40.8 Å². The fraction of sp³-hybridized carbons (Fsp3) is 0.312. The van der Waals surface area contributed by atoms with Gasteiger partial charge in [0.05, 0.1) is 5.56 Å². The van der Waals surface area contributed by atoms with Crippen LogP contribution in [-0.2, 0) is 29.4 Å². The largest absolute Gasteiger partial charge is 0.448 e. The highest BCUT2D eigenvalue weighted by molar-refractivity contribution is 7.16. The van der Waals surface area contributed by atoms with Gasteiger partial charge in [0.2, 0.25) is 0 Å². The monoisotopic (exact) mass is 553 g/mol. The lowest BCUT2D eigenvalue weighted by molar-refractivity contribution is -0.124. The first-order chi connectivity index (χ1) is 19.2. The second-order valence-corrected chi connectivity index (χ2v) is 11.6. The fourth-order valence-electron chi connectivity index (χ4n) is 5.37. The summed E-state index contributed by atoms with van der Waals surface area (Å²) in [5.74, 6) is -0.730. The lowest BCUT2D eigenvalue weighted by atomic mass is 9.88. The molecular formula is C32H31N3O4S. The van der Waals surface area contributed by atoms with Gasteiger partial charge >= 0.3 is 5.97 Å². The molecule has 5 rings (SSSR count). The maximum atomic E-state index is 13.8. The third-order valence-corrected chi connectivity index (χ3v) is 8.78. The molecule has 0 saturated heterocycles. The Morgan fingerprint density at radius 2 is 1.88 bits per heavy atom.